The summed E-state index contributed by atoms with van der Waals surface area (Å²) in [5.41, 5.74) is 1.95. The van der Waals surface area contributed by atoms with Gasteiger partial charge >= 0.3 is 0 Å². The second kappa shape index (κ2) is 9.94. The van der Waals surface area contributed by atoms with E-state index in [0.29, 0.717) is 41.7 Å². The summed E-state index contributed by atoms with van der Waals surface area (Å²) in [6.07, 6.45) is 8.99. The van der Waals surface area contributed by atoms with Crippen molar-refractivity contribution in [1.29, 1.82) is 5.41 Å². The van der Waals surface area contributed by atoms with E-state index in [1.807, 2.05) is 0 Å². The summed E-state index contributed by atoms with van der Waals surface area (Å²) in [5.74, 6) is -0.311. The number of pyridine rings is 1. The Bertz CT molecular complexity index is 1460. The van der Waals surface area contributed by atoms with Crippen LogP contribution in [0, 0.1) is 17.1 Å². The number of fused-ring (bicyclic) bond motifs is 1. The van der Waals surface area contributed by atoms with Gasteiger partial charge in [0.25, 0.3) is 5.91 Å². The van der Waals surface area contributed by atoms with Gasteiger partial charge in [-0.2, -0.15) is 0 Å². The first-order chi connectivity index (χ1) is 17.4. The van der Waals surface area contributed by atoms with Crippen molar-refractivity contribution in [2.24, 2.45) is 5.92 Å². The number of nitrogens with one attached hydrogen (secondary N) is 3. The summed E-state index contributed by atoms with van der Waals surface area (Å²) in [7, 11) is 0. The van der Waals surface area contributed by atoms with Crippen LogP contribution in [0.4, 0.5) is 10.2 Å². The molecule has 5 rings (SSSR count). The van der Waals surface area contributed by atoms with Crippen molar-refractivity contribution in [2.75, 3.05) is 25.0 Å². The third-order valence-corrected chi connectivity index (χ3v) is 6.31. The van der Waals surface area contributed by atoms with Crippen molar-refractivity contribution in [1.82, 2.24) is 34.8 Å². The Labute approximate surface area is 210 Å². The molecule has 1 aliphatic rings. The van der Waals surface area contributed by atoms with Crippen LogP contribution in [0.2, 0.25) is 5.02 Å². The third kappa shape index (κ3) is 4.74. The van der Waals surface area contributed by atoms with E-state index in [1.54, 1.807) is 30.3 Å². The SMILES string of the molecule is CC(=N)c1nccnc1C(=O)N1CCCC(CNc2nc(-c3c[nH]c4ncc(Cl)cc34)ncc2F)C1. The molecule has 0 aromatic carbocycles. The van der Waals surface area contributed by atoms with Gasteiger partial charge in [-0.15, -0.1) is 0 Å². The molecule has 3 N–H and O–H groups in total. The number of rotatable bonds is 6. The first-order valence-electron chi connectivity index (χ1n) is 11.5. The smallest absolute Gasteiger partial charge is 0.274 e. The normalized spacial score (nSPS) is 15.8. The maximum atomic E-state index is 14.6. The van der Waals surface area contributed by atoms with Crippen LogP contribution in [0.15, 0.2) is 37.1 Å². The molecule has 0 aliphatic carbocycles. The third-order valence-electron chi connectivity index (χ3n) is 6.10. The van der Waals surface area contributed by atoms with Gasteiger partial charge in [0.05, 0.1) is 16.9 Å². The van der Waals surface area contributed by atoms with E-state index in [-0.39, 0.29) is 34.7 Å². The number of amides is 1. The summed E-state index contributed by atoms with van der Waals surface area (Å²) in [6, 6.07) is 1.76. The molecule has 1 atom stereocenters. The van der Waals surface area contributed by atoms with E-state index in [9.17, 15) is 9.18 Å². The Morgan fingerprint density at radius 3 is 2.86 bits per heavy atom. The number of anilines is 1. The second-order valence-electron chi connectivity index (χ2n) is 8.66. The monoisotopic (exact) mass is 507 g/mol. The predicted octanol–water partition coefficient (Wildman–Crippen LogP) is 3.95. The predicted molar refractivity (Wildman–Crippen MR) is 134 cm³/mol. The molecule has 1 unspecified atom stereocenters. The fourth-order valence-corrected chi connectivity index (χ4v) is 4.52. The molecule has 0 saturated carbocycles. The molecule has 10 nitrogen and oxygen atoms in total. The lowest BCUT2D eigenvalue weighted by atomic mass is 9.97. The van der Waals surface area contributed by atoms with Gasteiger partial charge in [-0.25, -0.2) is 24.3 Å². The highest BCUT2D eigenvalue weighted by molar-refractivity contribution is 6.31. The molecular weight excluding hydrogens is 485 g/mol. The number of carbonyl (C=O) groups excluding carboxylic acids is 1. The molecule has 4 aromatic heterocycles. The molecule has 12 heteroatoms. The number of likely N-dealkylation sites (tertiary alicyclic amines) is 1. The number of nitrogens with zero attached hydrogens (tertiary/aromatic N) is 6. The Morgan fingerprint density at radius 2 is 2.06 bits per heavy atom. The van der Waals surface area contributed by atoms with Crippen molar-refractivity contribution in [3.63, 3.8) is 0 Å². The Kier molecular flexibility index (Phi) is 6.55. The molecule has 36 heavy (non-hydrogen) atoms. The molecule has 1 fully saturated rings. The summed E-state index contributed by atoms with van der Waals surface area (Å²) in [4.78, 5) is 39.0. The van der Waals surface area contributed by atoms with Crippen LogP contribution in [-0.4, -0.2) is 66.1 Å². The van der Waals surface area contributed by atoms with E-state index in [2.05, 4.69) is 35.2 Å². The fraction of sp³-hybridized carbons (Fsp3) is 0.292. The average molecular weight is 508 g/mol. The lowest BCUT2D eigenvalue weighted by Gasteiger charge is -2.33. The minimum absolute atomic E-state index is 0.0813. The van der Waals surface area contributed by atoms with Gasteiger partial charge in [0.1, 0.15) is 11.3 Å². The average Bonchev–Trinajstić information content (AvgIpc) is 3.31. The van der Waals surface area contributed by atoms with E-state index >= 15 is 0 Å². The molecule has 0 radical (unpaired) electrons. The molecule has 5 heterocycles. The first kappa shape index (κ1) is 23.7. The molecule has 184 valence electrons. The van der Waals surface area contributed by atoms with Crippen LogP contribution in [0.25, 0.3) is 22.4 Å². The summed E-state index contributed by atoms with van der Waals surface area (Å²) in [6.45, 7) is 3.07. The zero-order valence-corrected chi connectivity index (χ0v) is 20.2. The van der Waals surface area contributed by atoms with Crippen LogP contribution >= 0.6 is 11.6 Å². The Balaban J connectivity index is 1.30. The number of hydrogen-bond acceptors (Lipinski definition) is 8. The highest BCUT2D eigenvalue weighted by atomic mass is 35.5. The standard InChI is InChI=1S/C24H23ClFN9O/c1-13(27)19-20(29-5-4-28-19)24(36)35-6-2-3-14(12-35)8-30-23-18(26)11-33-22(34-23)17-10-32-21-16(17)7-15(25)9-31-21/h4-5,7,9-11,14,27H,2-3,6,8,12H2,1H3,(H,31,32)(H,30,33,34). The van der Waals surface area contributed by atoms with Crippen molar-refractivity contribution in [3.8, 4) is 11.4 Å². The topological polar surface area (TPSA) is 136 Å². The highest BCUT2D eigenvalue weighted by Crippen LogP contribution is 2.28. The minimum Gasteiger partial charge on any atom is -0.367 e. The van der Waals surface area contributed by atoms with Gasteiger partial charge < -0.3 is 20.6 Å². The molecular formula is C24H23ClFN9O. The van der Waals surface area contributed by atoms with Gasteiger partial charge in [0.15, 0.2) is 23.2 Å². The summed E-state index contributed by atoms with van der Waals surface area (Å²) in [5, 5.41) is 12.2. The van der Waals surface area contributed by atoms with Gasteiger partial charge in [-0.1, -0.05) is 11.6 Å². The van der Waals surface area contributed by atoms with Gasteiger partial charge in [0, 0.05) is 55.4 Å². The van der Waals surface area contributed by atoms with Crippen molar-refractivity contribution in [3.05, 3.63) is 59.3 Å². The minimum atomic E-state index is -0.566. The van der Waals surface area contributed by atoms with Crippen LogP contribution in [0.1, 0.15) is 35.9 Å². The molecule has 1 amide bonds. The first-order valence-corrected chi connectivity index (χ1v) is 11.8. The summed E-state index contributed by atoms with van der Waals surface area (Å²) >= 11 is 6.09. The molecule has 1 saturated heterocycles. The van der Waals surface area contributed by atoms with Crippen molar-refractivity contribution >= 4 is 40.1 Å². The van der Waals surface area contributed by atoms with E-state index < -0.39 is 5.82 Å². The van der Waals surface area contributed by atoms with Crippen LogP contribution in [0.3, 0.4) is 0 Å². The maximum Gasteiger partial charge on any atom is 0.274 e. The van der Waals surface area contributed by atoms with E-state index in [4.69, 9.17) is 17.0 Å². The zero-order valence-electron chi connectivity index (χ0n) is 19.4. The zero-order chi connectivity index (χ0) is 25.2. The number of hydrogen-bond donors (Lipinski definition) is 3. The largest absolute Gasteiger partial charge is 0.367 e. The van der Waals surface area contributed by atoms with Crippen LogP contribution in [-0.2, 0) is 0 Å². The lowest BCUT2D eigenvalue weighted by Crippen LogP contribution is -2.42. The highest BCUT2D eigenvalue weighted by Gasteiger charge is 2.28. The molecule has 4 aromatic rings. The molecule has 0 bridgehead atoms. The van der Waals surface area contributed by atoms with E-state index in [0.717, 1.165) is 24.4 Å². The number of aromatic nitrogens is 6. The number of aromatic amines is 1. The lowest BCUT2D eigenvalue weighted by molar-refractivity contribution is 0.0673. The van der Waals surface area contributed by atoms with Crippen molar-refractivity contribution in [2.45, 2.75) is 19.8 Å². The van der Waals surface area contributed by atoms with Crippen LogP contribution < -0.4 is 5.32 Å². The Morgan fingerprint density at radius 1 is 1.25 bits per heavy atom. The number of H-pyrrole nitrogens is 1. The van der Waals surface area contributed by atoms with Crippen LogP contribution in [0.5, 0.6) is 0 Å². The van der Waals surface area contributed by atoms with Gasteiger partial charge in [0.2, 0.25) is 0 Å². The van der Waals surface area contributed by atoms with Gasteiger partial charge in [-0.3, -0.25) is 9.78 Å². The van der Waals surface area contributed by atoms with Gasteiger partial charge in [-0.05, 0) is 31.7 Å². The number of carbonyl (C=O) groups is 1. The maximum absolute atomic E-state index is 14.6. The Hall–Kier alpha value is -3.99. The number of piperidine rings is 1. The molecule has 1 aliphatic heterocycles. The summed E-state index contributed by atoms with van der Waals surface area (Å²) < 4.78 is 14.6. The quantitative estimate of drug-likeness (QED) is 0.336. The van der Waals surface area contributed by atoms with Crippen molar-refractivity contribution < 1.29 is 9.18 Å². The second-order valence-corrected chi connectivity index (χ2v) is 9.10. The number of halogens is 2. The van der Waals surface area contributed by atoms with E-state index in [1.165, 1.54) is 12.4 Å². The molecule has 0 spiro atoms. The fourth-order valence-electron chi connectivity index (χ4n) is 4.36.